The fourth-order valence-corrected chi connectivity index (χ4v) is 1.65. The molecule has 0 aliphatic rings. The molecule has 2 N–H and O–H groups in total. The maximum Gasteiger partial charge on any atom is 0.0309 e. The molecule has 0 rings (SSSR count). The highest BCUT2D eigenvalue weighted by Gasteiger charge is 2.26. The van der Waals surface area contributed by atoms with Crippen LogP contribution in [0.15, 0.2) is 5.11 Å². The zero-order valence-electron chi connectivity index (χ0n) is 9.04. The molecule has 76 valence electrons. The Morgan fingerprint density at radius 1 is 1.23 bits per heavy atom. The average Bonchev–Trinajstić information content (AvgIpc) is 1.99. The van der Waals surface area contributed by atoms with Crippen LogP contribution in [-0.4, -0.2) is 13.1 Å². The quantitative estimate of drug-likeness (QED) is 0.398. The summed E-state index contributed by atoms with van der Waals surface area (Å²) in [4.78, 5) is 2.77. The molecular formula is C9H20N4. The molecule has 4 heteroatoms. The van der Waals surface area contributed by atoms with E-state index in [1.54, 1.807) is 0 Å². The summed E-state index contributed by atoms with van der Waals surface area (Å²) < 4.78 is 0. The first-order valence-corrected chi connectivity index (χ1v) is 4.54. The molecule has 0 atom stereocenters. The van der Waals surface area contributed by atoms with E-state index in [4.69, 9.17) is 11.3 Å². The van der Waals surface area contributed by atoms with E-state index in [2.05, 4.69) is 37.7 Å². The Labute approximate surface area is 80.1 Å². The predicted octanol–water partition coefficient (Wildman–Crippen LogP) is 2.70. The molecule has 0 unspecified atom stereocenters. The summed E-state index contributed by atoms with van der Waals surface area (Å²) >= 11 is 0. The summed E-state index contributed by atoms with van der Waals surface area (Å²) in [6, 6.07) is 0. The summed E-state index contributed by atoms with van der Waals surface area (Å²) in [5, 5.41) is 3.60. The van der Waals surface area contributed by atoms with Gasteiger partial charge in [-0.15, -0.1) is 0 Å². The molecule has 13 heavy (non-hydrogen) atoms. The van der Waals surface area contributed by atoms with E-state index in [0.29, 0.717) is 13.1 Å². The molecule has 4 nitrogen and oxygen atoms in total. The molecule has 0 heterocycles. The number of nitrogens with two attached hydrogens (primary N) is 1. The van der Waals surface area contributed by atoms with E-state index in [9.17, 15) is 0 Å². The van der Waals surface area contributed by atoms with E-state index in [1.807, 2.05) is 0 Å². The van der Waals surface area contributed by atoms with Crippen LogP contribution in [0.1, 0.15) is 34.1 Å². The van der Waals surface area contributed by atoms with E-state index in [-0.39, 0.29) is 10.8 Å². The Kier molecular flexibility index (Phi) is 4.24. The lowest BCUT2D eigenvalue weighted by atomic mass is 9.75. The number of hydrogen-bond acceptors (Lipinski definition) is 2. The molecule has 0 saturated heterocycles. The van der Waals surface area contributed by atoms with Crippen LogP contribution in [-0.2, 0) is 0 Å². The van der Waals surface area contributed by atoms with Crippen LogP contribution in [0.25, 0.3) is 10.4 Å². The third kappa shape index (κ3) is 5.50. The third-order valence-corrected chi connectivity index (χ3v) is 2.07. The molecule has 0 bridgehead atoms. The van der Waals surface area contributed by atoms with Gasteiger partial charge in [0.05, 0.1) is 0 Å². The largest absolute Gasteiger partial charge is 0.330 e. The Morgan fingerprint density at radius 2 is 1.77 bits per heavy atom. The first kappa shape index (κ1) is 12.3. The van der Waals surface area contributed by atoms with E-state index < -0.39 is 0 Å². The van der Waals surface area contributed by atoms with Gasteiger partial charge in [-0.25, -0.2) is 0 Å². The van der Waals surface area contributed by atoms with Gasteiger partial charge in [0.2, 0.25) is 0 Å². The van der Waals surface area contributed by atoms with Crippen molar-refractivity contribution in [3.63, 3.8) is 0 Å². The van der Waals surface area contributed by atoms with Gasteiger partial charge < -0.3 is 5.73 Å². The predicted molar refractivity (Wildman–Crippen MR) is 55.2 cm³/mol. The van der Waals surface area contributed by atoms with Gasteiger partial charge in [0, 0.05) is 11.5 Å². The number of rotatable bonds is 5. The number of hydrogen-bond donors (Lipinski definition) is 1. The van der Waals surface area contributed by atoms with Gasteiger partial charge in [0.1, 0.15) is 0 Å². The minimum absolute atomic E-state index is 0.0368. The second-order valence-corrected chi connectivity index (χ2v) is 5.10. The second-order valence-electron chi connectivity index (χ2n) is 5.10. The normalized spacial score (nSPS) is 12.4. The summed E-state index contributed by atoms with van der Waals surface area (Å²) in [6.45, 7) is 9.65. The molecule has 0 aliphatic carbocycles. The first-order valence-electron chi connectivity index (χ1n) is 4.54. The van der Waals surface area contributed by atoms with Crippen molar-refractivity contribution in [3.8, 4) is 0 Å². The van der Waals surface area contributed by atoms with Gasteiger partial charge in [-0.05, 0) is 29.3 Å². The monoisotopic (exact) mass is 184 g/mol. The molecule has 0 aromatic heterocycles. The van der Waals surface area contributed by atoms with Crippen LogP contribution in [0.4, 0.5) is 0 Å². The zero-order valence-corrected chi connectivity index (χ0v) is 9.04. The lowest BCUT2D eigenvalue weighted by Gasteiger charge is -2.33. The van der Waals surface area contributed by atoms with Gasteiger partial charge in [0.25, 0.3) is 0 Å². The van der Waals surface area contributed by atoms with Crippen molar-refractivity contribution < 1.29 is 0 Å². The smallest absolute Gasteiger partial charge is 0.0309 e. The Balaban J connectivity index is 4.23. The molecular weight excluding hydrogens is 164 g/mol. The second kappa shape index (κ2) is 4.49. The van der Waals surface area contributed by atoms with Gasteiger partial charge in [-0.2, -0.15) is 0 Å². The van der Waals surface area contributed by atoms with Gasteiger partial charge in [-0.1, -0.05) is 32.8 Å². The molecule has 0 aromatic rings. The minimum atomic E-state index is 0.0368. The van der Waals surface area contributed by atoms with Crippen molar-refractivity contribution >= 4 is 0 Å². The van der Waals surface area contributed by atoms with E-state index >= 15 is 0 Å². The minimum Gasteiger partial charge on any atom is -0.330 e. The highest BCUT2D eigenvalue weighted by atomic mass is 15.1. The Morgan fingerprint density at radius 3 is 2.15 bits per heavy atom. The van der Waals surface area contributed by atoms with Crippen molar-refractivity contribution in [3.05, 3.63) is 10.4 Å². The zero-order chi connectivity index (χ0) is 10.5. The third-order valence-electron chi connectivity index (χ3n) is 2.07. The van der Waals surface area contributed by atoms with Crippen molar-refractivity contribution in [2.45, 2.75) is 34.1 Å². The van der Waals surface area contributed by atoms with Crippen LogP contribution in [0.3, 0.4) is 0 Å². The average molecular weight is 184 g/mol. The van der Waals surface area contributed by atoms with Crippen LogP contribution in [0.5, 0.6) is 0 Å². The Bertz CT molecular complexity index is 202. The molecule has 0 amide bonds. The highest BCUT2D eigenvalue weighted by Crippen LogP contribution is 2.32. The SMILES string of the molecule is CC(C)(CN)CC(C)(C)CN=[N+]=[N-]. The van der Waals surface area contributed by atoms with Crippen LogP contribution in [0, 0.1) is 10.8 Å². The summed E-state index contributed by atoms with van der Waals surface area (Å²) in [5.74, 6) is 0. The van der Waals surface area contributed by atoms with E-state index in [1.165, 1.54) is 0 Å². The summed E-state index contributed by atoms with van der Waals surface area (Å²) in [6.07, 6.45) is 0.968. The fraction of sp³-hybridized carbons (Fsp3) is 1.00. The maximum atomic E-state index is 8.22. The molecule has 0 spiro atoms. The first-order chi connectivity index (χ1) is 5.83. The van der Waals surface area contributed by atoms with Gasteiger partial charge >= 0.3 is 0 Å². The highest BCUT2D eigenvalue weighted by molar-refractivity contribution is 4.81. The van der Waals surface area contributed by atoms with Crippen LogP contribution in [0.2, 0.25) is 0 Å². The molecule has 0 fully saturated rings. The fourth-order valence-electron chi connectivity index (χ4n) is 1.65. The Hall–Kier alpha value is -0.730. The molecule has 0 aliphatic heterocycles. The van der Waals surface area contributed by atoms with Crippen molar-refractivity contribution in [2.75, 3.05) is 13.1 Å². The van der Waals surface area contributed by atoms with Crippen molar-refractivity contribution in [1.29, 1.82) is 0 Å². The molecule has 0 radical (unpaired) electrons. The lowest BCUT2D eigenvalue weighted by Crippen LogP contribution is -2.31. The van der Waals surface area contributed by atoms with Crippen LogP contribution < -0.4 is 5.73 Å². The maximum absolute atomic E-state index is 8.22. The van der Waals surface area contributed by atoms with E-state index in [0.717, 1.165) is 6.42 Å². The van der Waals surface area contributed by atoms with Gasteiger partial charge in [-0.3, -0.25) is 0 Å². The lowest BCUT2D eigenvalue weighted by molar-refractivity contribution is 0.208. The number of azide groups is 1. The van der Waals surface area contributed by atoms with Crippen molar-refractivity contribution in [1.82, 2.24) is 0 Å². The number of nitrogens with zero attached hydrogens (tertiary/aromatic N) is 3. The van der Waals surface area contributed by atoms with Crippen molar-refractivity contribution in [2.24, 2.45) is 21.7 Å². The molecule has 0 aromatic carbocycles. The summed E-state index contributed by atoms with van der Waals surface area (Å²) in [7, 11) is 0. The topological polar surface area (TPSA) is 74.8 Å². The van der Waals surface area contributed by atoms with Gasteiger partial charge in [0.15, 0.2) is 0 Å². The standard InChI is InChI=1S/C9H20N4/c1-8(2,6-10)5-9(3,4)7-12-13-11/h5-7,10H2,1-4H3. The molecule has 0 saturated carbocycles. The van der Waals surface area contributed by atoms with Crippen LogP contribution >= 0.6 is 0 Å². The summed E-state index contributed by atoms with van der Waals surface area (Å²) in [5.41, 5.74) is 14.0.